The van der Waals surface area contributed by atoms with Crippen molar-refractivity contribution in [2.45, 2.75) is 33.4 Å². The van der Waals surface area contributed by atoms with Gasteiger partial charge in [0.15, 0.2) is 12.1 Å². The van der Waals surface area contributed by atoms with E-state index >= 15 is 0 Å². The Hall–Kier alpha value is -3.41. The van der Waals surface area contributed by atoms with Gasteiger partial charge in [0.1, 0.15) is 6.61 Å². The Morgan fingerprint density at radius 1 is 1.22 bits per heavy atom. The molecule has 144 valence electrons. The summed E-state index contributed by atoms with van der Waals surface area (Å²) < 4.78 is 9.55. The molecule has 0 fully saturated rings. The van der Waals surface area contributed by atoms with Gasteiger partial charge in [0, 0.05) is 0 Å². The summed E-state index contributed by atoms with van der Waals surface area (Å²) in [5.41, 5.74) is -0.141. The average Bonchev–Trinajstić information content (AvgIpc) is 2.65. The second kappa shape index (κ2) is 10.6. The van der Waals surface area contributed by atoms with Crippen LogP contribution in [0.4, 0.5) is 4.79 Å². The summed E-state index contributed by atoms with van der Waals surface area (Å²) >= 11 is 0. The number of alkyl carbamates (subject to hydrolysis) is 1. The van der Waals surface area contributed by atoms with Crippen LogP contribution in [0.25, 0.3) is 0 Å². The number of nitrogens with zero attached hydrogens (tertiary/aromatic N) is 2. The number of nitriles is 1. The highest BCUT2D eigenvalue weighted by atomic mass is 16.6. The van der Waals surface area contributed by atoms with Crippen molar-refractivity contribution < 1.29 is 33.8 Å². The summed E-state index contributed by atoms with van der Waals surface area (Å²) in [7, 11) is 0. The first-order chi connectivity index (χ1) is 12.8. The summed E-state index contributed by atoms with van der Waals surface area (Å²) in [4.78, 5) is 36.1. The predicted molar refractivity (Wildman–Crippen MR) is 92.7 cm³/mol. The Bertz CT molecular complexity index is 752. The molecule has 2 N–H and O–H groups in total. The zero-order valence-electron chi connectivity index (χ0n) is 15.3. The Morgan fingerprint density at radius 2 is 1.85 bits per heavy atom. The number of benzene rings is 1. The number of amides is 2. The third kappa shape index (κ3) is 6.43. The van der Waals surface area contributed by atoms with Gasteiger partial charge in [0.2, 0.25) is 0 Å². The van der Waals surface area contributed by atoms with Crippen molar-refractivity contribution in [2.24, 2.45) is 5.92 Å². The average molecular weight is 376 g/mol. The second-order valence-electron chi connectivity index (χ2n) is 5.76. The van der Waals surface area contributed by atoms with E-state index in [1.165, 1.54) is 13.0 Å². The van der Waals surface area contributed by atoms with Crippen LogP contribution in [0.5, 0.6) is 0 Å². The summed E-state index contributed by atoms with van der Waals surface area (Å²) in [6.07, 6.45) is -0.881. The first kappa shape index (κ1) is 21.6. The molecule has 0 aromatic heterocycles. The zero-order chi connectivity index (χ0) is 20.4. The highest BCUT2D eigenvalue weighted by Crippen LogP contribution is 2.06. The van der Waals surface area contributed by atoms with Crippen molar-refractivity contribution in [2.75, 3.05) is 6.61 Å². The largest absolute Gasteiger partial charge is 0.458 e. The van der Waals surface area contributed by atoms with Gasteiger partial charge < -0.3 is 14.8 Å². The van der Waals surface area contributed by atoms with Crippen molar-refractivity contribution in [1.29, 1.82) is 5.26 Å². The van der Waals surface area contributed by atoms with Crippen LogP contribution < -0.4 is 5.32 Å². The fraction of sp³-hybridized carbons (Fsp3) is 0.389. The summed E-state index contributed by atoms with van der Waals surface area (Å²) in [5.74, 6) is -2.67. The van der Waals surface area contributed by atoms with Crippen LogP contribution in [-0.2, 0) is 25.7 Å². The van der Waals surface area contributed by atoms with Gasteiger partial charge >= 0.3 is 23.7 Å². The molecule has 1 aromatic rings. The van der Waals surface area contributed by atoms with E-state index < -0.39 is 35.6 Å². The number of carbonyl (C=O) groups excluding carboxylic acids is 3. The number of carbonyl (C=O) groups is 3. The van der Waals surface area contributed by atoms with E-state index in [0.717, 1.165) is 5.56 Å². The minimum atomic E-state index is -1.23. The lowest BCUT2D eigenvalue weighted by Crippen LogP contribution is -2.49. The van der Waals surface area contributed by atoms with Crippen LogP contribution in [-0.4, -0.2) is 46.3 Å². The third-order valence-electron chi connectivity index (χ3n) is 3.41. The molecule has 27 heavy (non-hydrogen) atoms. The highest BCUT2D eigenvalue weighted by molar-refractivity contribution is 6.41. The fourth-order valence-electron chi connectivity index (χ4n) is 2.03. The van der Waals surface area contributed by atoms with E-state index in [1.54, 1.807) is 38.1 Å². The smallest absolute Gasteiger partial charge is 0.457 e. The molecule has 0 saturated heterocycles. The monoisotopic (exact) mass is 376 g/mol. The van der Waals surface area contributed by atoms with Crippen molar-refractivity contribution in [3.63, 3.8) is 0 Å². The number of rotatable bonds is 7. The number of esters is 1. The maximum absolute atomic E-state index is 12.4. The quantitative estimate of drug-likeness (QED) is 0.184. The van der Waals surface area contributed by atoms with Gasteiger partial charge in [0.25, 0.3) is 0 Å². The van der Waals surface area contributed by atoms with Gasteiger partial charge in [-0.05, 0) is 18.4 Å². The van der Waals surface area contributed by atoms with Gasteiger partial charge in [-0.3, -0.25) is 5.21 Å². The van der Waals surface area contributed by atoms with Gasteiger partial charge in [-0.25, -0.2) is 14.4 Å². The second-order valence-corrected chi connectivity index (χ2v) is 5.76. The normalized spacial score (nSPS) is 12.4. The van der Waals surface area contributed by atoms with Crippen LogP contribution in [0.3, 0.4) is 0 Å². The zero-order valence-corrected chi connectivity index (χ0v) is 15.3. The van der Waals surface area contributed by atoms with E-state index in [9.17, 15) is 19.6 Å². The summed E-state index contributed by atoms with van der Waals surface area (Å²) in [6, 6.07) is 9.11. The minimum Gasteiger partial charge on any atom is -0.457 e. The van der Waals surface area contributed by atoms with Crippen molar-refractivity contribution in [1.82, 2.24) is 5.32 Å². The lowest BCUT2D eigenvalue weighted by molar-refractivity contribution is -0.705. The fourth-order valence-corrected chi connectivity index (χ4v) is 2.03. The Balaban J connectivity index is 2.87. The number of nitrogens with one attached hydrogen (secondary N) is 1. The molecule has 0 aliphatic heterocycles. The number of hydrogen-bond acceptors (Lipinski definition) is 7. The number of ether oxygens (including phenoxy) is 2. The molecule has 1 rings (SSSR count). The Labute approximate surface area is 156 Å². The Kier molecular flexibility index (Phi) is 8.45. The van der Waals surface area contributed by atoms with Gasteiger partial charge in [-0.2, -0.15) is 5.26 Å². The SMILES string of the molecule is CCOC(=O)C(C#N)=[N+](O)C(=O)[C@@H](NC(=O)OCc1ccccc1)C(C)C. The maximum atomic E-state index is 12.4. The molecule has 1 atom stereocenters. The molecule has 0 bridgehead atoms. The Morgan fingerprint density at radius 3 is 2.37 bits per heavy atom. The van der Waals surface area contributed by atoms with E-state index in [0.29, 0.717) is 0 Å². The van der Waals surface area contributed by atoms with Crippen molar-refractivity contribution >= 4 is 23.7 Å². The molecular formula is C18H22N3O6+. The maximum Gasteiger partial charge on any atom is 0.458 e. The number of hydroxylamine groups is 1. The lowest BCUT2D eigenvalue weighted by Gasteiger charge is -2.16. The van der Waals surface area contributed by atoms with Crippen LogP contribution in [0, 0.1) is 17.2 Å². The van der Waals surface area contributed by atoms with Gasteiger partial charge in [0.05, 0.1) is 11.3 Å². The van der Waals surface area contributed by atoms with Crippen LogP contribution in [0.1, 0.15) is 26.3 Å². The molecule has 9 nitrogen and oxygen atoms in total. The molecule has 0 unspecified atom stereocenters. The standard InChI is InChI=1S/C18H21N3O6/c1-4-26-17(23)14(10-19)21(25)16(22)15(12(2)3)20-18(24)27-11-13-8-6-5-7-9-13/h5-9,12,15H,4,11H2,1-3H3,(H-,20,23,24,25)/p+1/t15-/m0/s1. The first-order valence-electron chi connectivity index (χ1n) is 8.26. The third-order valence-corrected chi connectivity index (χ3v) is 3.41. The molecular weight excluding hydrogens is 354 g/mol. The van der Waals surface area contributed by atoms with Crippen LogP contribution in [0.2, 0.25) is 0 Å². The molecule has 1 aromatic carbocycles. The molecule has 9 heteroatoms. The van der Waals surface area contributed by atoms with E-state index in [4.69, 9.17) is 10.00 Å². The van der Waals surface area contributed by atoms with Gasteiger partial charge in [-0.1, -0.05) is 44.2 Å². The molecule has 0 aliphatic carbocycles. The number of hydrogen-bond donors (Lipinski definition) is 2. The first-order valence-corrected chi connectivity index (χ1v) is 8.26. The van der Waals surface area contributed by atoms with Crippen LogP contribution in [0.15, 0.2) is 30.3 Å². The molecule has 0 saturated carbocycles. The summed E-state index contributed by atoms with van der Waals surface area (Å²) in [5, 5.41) is 21.3. The van der Waals surface area contributed by atoms with E-state index in [2.05, 4.69) is 10.1 Å². The molecule has 2 amide bonds. The molecule has 0 heterocycles. The van der Waals surface area contributed by atoms with Crippen molar-refractivity contribution in [3.05, 3.63) is 35.9 Å². The van der Waals surface area contributed by atoms with E-state index in [-0.39, 0.29) is 18.0 Å². The minimum absolute atomic E-state index is 0.00703. The van der Waals surface area contributed by atoms with Crippen LogP contribution >= 0.6 is 0 Å². The van der Waals surface area contributed by atoms with Crippen molar-refractivity contribution in [3.8, 4) is 6.07 Å². The lowest BCUT2D eigenvalue weighted by atomic mass is 10.0. The molecule has 0 spiro atoms. The summed E-state index contributed by atoms with van der Waals surface area (Å²) in [6.45, 7) is 4.70. The highest BCUT2D eigenvalue weighted by Gasteiger charge is 2.39. The van der Waals surface area contributed by atoms with E-state index in [1.807, 2.05) is 6.07 Å². The van der Waals surface area contributed by atoms with Gasteiger partial charge in [-0.15, -0.1) is 0 Å². The molecule has 0 radical (unpaired) electrons. The topological polar surface area (TPSA) is 129 Å². The predicted octanol–water partition coefficient (Wildman–Crippen LogP) is 1.39. The molecule has 0 aliphatic rings.